The molecule has 0 saturated heterocycles. The van der Waals surface area contributed by atoms with Crippen molar-refractivity contribution in [3.8, 4) is 0 Å². The summed E-state index contributed by atoms with van der Waals surface area (Å²) in [6.45, 7) is 3.97. The molecule has 2 aromatic rings. The first-order chi connectivity index (χ1) is 10.1. The Hall–Kier alpha value is -1.67. The number of benzene rings is 1. The second kappa shape index (κ2) is 5.98. The summed E-state index contributed by atoms with van der Waals surface area (Å²) in [7, 11) is 0. The molecule has 0 amide bonds. The van der Waals surface area contributed by atoms with Crippen molar-refractivity contribution in [2.24, 2.45) is 0 Å². The third-order valence-electron chi connectivity index (χ3n) is 4.49. The van der Waals surface area contributed by atoms with Crippen LogP contribution in [-0.2, 0) is 6.42 Å². The van der Waals surface area contributed by atoms with Gasteiger partial charge in [-0.1, -0.05) is 24.3 Å². The quantitative estimate of drug-likeness (QED) is 0.912. The fraction of sp³-hybridized carbons (Fsp3) is 0.421. The van der Waals surface area contributed by atoms with Gasteiger partial charge < -0.3 is 5.11 Å². The Kier molecular flexibility index (Phi) is 4.07. The molecule has 0 aliphatic heterocycles. The van der Waals surface area contributed by atoms with Crippen molar-refractivity contribution >= 4 is 0 Å². The van der Waals surface area contributed by atoms with E-state index in [-0.39, 0.29) is 0 Å². The van der Waals surface area contributed by atoms with Crippen molar-refractivity contribution in [1.29, 1.82) is 0 Å². The molecule has 0 radical (unpaired) electrons. The number of hydrogen-bond acceptors (Lipinski definition) is 2. The molecule has 1 heterocycles. The Balaban J connectivity index is 1.81. The van der Waals surface area contributed by atoms with E-state index in [4.69, 9.17) is 0 Å². The summed E-state index contributed by atoms with van der Waals surface area (Å²) >= 11 is 0. The number of aromatic nitrogens is 1. The zero-order chi connectivity index (χ0) is 14.8. The number of fused-ring (bicyclic) bond motifs is 1. The number of rotatable bonds is 3. The van der Waals surface area contributed by atoms with Crippen molar-refractivity contribution in [2.75, 3.05) is 0 Å². The summed E-state index contributed by atoms with van der Waals surface area (Å²) in [5.74, 6) is 0.471. The average Bonchev–Trinajstić information content (AvgIpc) is 2.46. The maximum absolute atomic E-state index is 10.6. The van der Waals surface area contributed by atoms with Gasteiger partial charge in [-0.25, -0.2) is 0 Å². The van der Waals surface area contributed by atoms with Crippen LogP contribution in [0, 0.1) is 13.8 Å². The molecule has 0 fully saturated rings. The summed E-state index contributed by atoms with van der Waals surface area (Å²) in [5, 5.41) is 10.6. The van der Waals surface area contributed by atoms with E-state index in [9.17, 15) is 5.11 Å². The third-order valence-corrected chi connectivity index (χ3v) is 4.49. The second-order valence-electron chi connectivity index (χ2n) is 6.22. The van der Waals surface area contributed by atoms with Crippen LogP contribution in [0.15, 0.2) is 36.4 Å². The first-order valence-electron chi connectivity index (χ1n) is 7.84. The Bertz CT molecular complexity index is 615. The molecule has 21 heavy (non-hydrogen) atoms. The highest BCUT2D eigenvalue weighted by Gasteiger charge is 2.23. The van der Waals surface area contributed by atoms with Gasteiger partial charge in [-0.05, 0) is 74.3 Å². The average molecular weight is 281 g/mol. The molecule has 2 atom stereocenters. The SMILES string of the molecule is Cc1cc(C(O)CC2CCCc3ccccc32)cc(C)n1. The molecule has 0 bridgehead atoms. The van der Waals surface area contributed by atoms with Crippen LogP contribution < -0.4 is 0 Å². The molecule has 1 aromatic carbocycles. The standard InChI is InChI=1S/C19H23NO/c1-13-10-17(11-14(2)20-13)19(21)12-16-8-5-7-15-6-3-4-9-18(15)16/h3-4,6,9-11,16,19,21H,5,7-8,12H2,1-2H3. The van der Waals surface area contributed by atoms with Gasteiger partial charge in [-0.3, -0.25) is 4.98 Å². The Labute approximate surface area is 126 Å². The lowest BCUT2D eigenvalue weighted by Crippen LogP contribution is -2.13. The summed E-state index contributed by atoms with van der Waals surface area (Å²) in [5.41, 5.74) is 5.86. The molecule has 2 nitrogen and oxygen atoms in total. The van der Waals surface area contributed by atoms with E-state index < -0.39 is 6.10 Å². The van der Waals surface area contributed by atoms with Crippen LogP contribution in [0.3, 0.4) is 0 Å². The van der Waals surface area contributed by atoms with E-state index in [1.54, 1.807) is 0 Å². The van der Waals surface area contributed by atoms with Crippen molar-refractivity contribution < 1.29 is 5.11 Å². The minimum absolute atomic E-state index is 0.401. The van der Waals surface area contributed by atoms with Crippen LogP contribution in [0.1, 0.15) is 59.4 Å². The van der Waals surface area contributed by atoms with Gasteiger partial charge in [-0.2, -0.15) is 0 Å². The number of hydrogen-bond donors (Lipinski definition) is 1. The predicted octanol–water partition coefficient (Wildman–Crippen LogP) is 4.24. The van der Waals surface area contributed by atoms with Crippen molar-refractivity contribution in [3.63, 3.8) is 0 Å². The van der Waals surface area contributed by atoms with Crippen LogP contribution >= 0.6 is 0 Å². The number of aliphatic hydroxyl groups is 1. The lowest BCUT2D eigenvalue weighted by Gasteiger charge is -2.27. The van der Waals surface area contributed by atoms with Crippen LogP contribution in [0.5, 0.6) is 0 Å². The lowest BCUT2D eigenvalue weighted by atomic mass is 9.79. The molecular weight excluding hydrogens is 258 g/mol. The van der Waals surface area contributed by atoms with Gasteiger partial charge in [0.25, 0.3) is 0 Å². The van der Waals surface area contributed by atoms with Gasteiger partial charge in [0.15, 0.2) is 0 Å². The highest BCUT2D eigenvalue weighted by Crippen LogP contribution is 2.37. The second-order valence-corrected chi connectivity index (χ2v) is 6.22. The first-order valence-corrected chi connectivity index (χ1v) is 7.84. The zero-order valence-corrected chi connectivity index (χ0v) is 12.8. The van der Waals surface area contributed by atoms with E-state index in [0.29, 0.717) is 5.92 Å². The third kappa shape index (κ3) is 3.16. The van der Waals surface area contributed by atoms with Crippen molar-refractivity contribution in [2.45, 2.75) is 51.6 Å². The van der Waals surface area contributed by atoms with Gasteiger partial charge in [0.1, 0.15) is 0 Å². The Morgan fingerprint density at radius 2 is 1.90 bits per heavy atom. The topological polar surface area (TPSA) is 33.1 Å². The molecule has 0 spiro atoms. The molecule has 2 unspecified atom stereocenters. The predicted molar refractivity (Wildman–Crippen MR) is 85.4 cm³/mol. The van der Waals surface area contributed by atoms with Crippen LogP contribution in [0.2, 0.25) is 0 Å². The summed E-state index contributed by atoms with van der Waals surface area (Å²) in [6, 6.07) is 12.7. The van der Waals surface area contributed by atoms with E-state index in [1.807, 2.05) is 26.0 Å². The highest BCUT2D eigenvalue weighted by molar-refractivity contribution is 5.33. The minimum Gasteiger partial charge on any atom is -0.388 e. The van der Waals surface area contributed by atoms with Gasteiger partial charge in [-0.15, -0.1) is 0 Å². The van der Waals surface area contributed by atoms with Crippen molar-refractivity contribution in [3.05, 3.63) is 64.5 Å². The van der Waals surface area contributed by atoms with E-state index >= 15 is 0 Å². The Morgan fingerprint density at radius 1 is 1.19 bits per heavy atom. The molecule has 1 N–H and O–H groups in total. The fourth-order valence-corrected chi connectivity index (χ4v) is 3.56. The van der Waals surface area contributed by atoms with Gasteiger partial charge in [0, 0.05) is 11.4 Å². The maximum Gasteiger partial charge on any atom is 0.0797 e. The monoisotopic (exact) mass is 281 g/mol. The van der Waals surface area contributed by atoms with Gasteiger partial charge in [0.05, 0.1) is 6.10 Å². The van der Waals surface area contributed by atoms with Crippen LogP contribution in [0.4, 0.5) is 0 Å². The maximum atomic E-state index is 10.6. The molecular formula is C19H23NO. The van der Waals surface area contributed by atoms with E-state index in [0.717, 1.165) is 23.4 Å². The first kappa shape index (κ1) is 14.3. The van der Waals surface area contributed by atoms with Gasteiger partial charge in [0.2, 0.25) is 0 Å². The van der Waals surface area contributed by atoms with E-state index in [2.05, 4.69) is 29.2 Å². The summed E-state index contributed by atoms with van der Waals surface area (Å²) < 4.78 is 0. The molecule has 1 aromatic heterocycles. The normalized spacial score (nSPS) is 19.1. The molecule has 1 aliphatic carbocycles. The van der Waals surface area contributed by atoms with Crippen LogP contribution in [0.25, 0.3) is 0 Å². The lowest BCUT2D eigenvalue weighted by molar-refractivity contribution is 0.154. The smallest absolute Gasteiger partial charge is 0.0797 e. The summed E-state index contributed by atoms with van der Waals surface area (Å²) in [6.07, 6.45) is 3.98. The van der Waals surface area contributed by atoms with Crippen molar-refractivity contribution in [1.82, 2.24) is 4.98 Å². The molecule has 110 valence electrons. The number of nitrogens with zero attached hydrogens (tertiary/aromatic N) is 1. The number of aliphatic hydroxyl groups excluding tert-OH is 1. The Morgan fingerprint density at radius 3 is 2.67 bits per heavy atom. The van der Waals surface area contributed by atoms with E-state index in [1.165, 1.54) is 30.4 Å². The molecule has 1 aliphatic rings. The highest BCUT2D eigenvalue weighted by atomic mass is 16.3. The minimum atomic E-state index is -0.401. The van der Waals surface area contributed by atoms with Crippen LogP contribution in [-0.4, -0.2) is 10.1 Å². The zero-order valence-electron chi connectivity index (χ0n) is 12.8. The number of aryl methyl sites for hydroxylation is 3. The molecule has 0 saturated carbocycles. The largest absolute Gasteiger partial charge is 0.388 e. The summed E-state index contributed by atoms with van der Waals surface area (Å²) in [4.78, 5) is 4.39. The van der Waals surface area contributed by atoms with Gasteiger partial charge >= 0.3 is 0 Å². The molecule has 2 heteroatoms. The molecule has 3 rings (SSSR count). The fourth-order valence-electron chi connectivity index (χ4n) is 3.56. The number of pyridine rings is 1.